The quantitative estimate of drug-likeness (QED) is 0.420. The zero-order valence-electron chi connectivity index (χ0n) is 15.1. The molecular weight excluding hydrogens is 370 g/mol. The predicted octanol–water partition coefficient (Wildman–Crippen LogP) is 4.17. The molecule has 0 fully saturated rings. The van der Waals surface area contributed by atoms with Crippen LogP contribution < -0.4 is 5.56 Å². The lowest BCUT2D eigenvalue weighted by Gasteiger charge is -2.11. The number of phenols is 1. The fourth-order valence-electron chi connectivity index (χ4n) is 3.09. The van der Waals surface area contributed by atoms with Crippen molar-refractivity contribution in [3.8, 4) is 11.4 Å². The van der Waals surface area contributed by atoms with Crippen LogP contribution in [0.4, 0.5) is 5.69 Å². The van der Waals surface area contributed by atoms with Crippen LogP contribution in [-0.2, 0) is 0 Å². The molecule has 0 saturated carbocycles. The minimum absolute atomic E-state index is 0.0733. The first-order valence-corrected chi connectivity index (χ1v) is 8.78. The van der Waals surface area contributed by atoms with Crippen molar-refractivity contribution in [3.05, 3.63) is 105 Å². The third-order valence-electron chi connectivity index (χ3n) is 4.47. The second kappa shape index (κ2) is 7.40. The van der Waals surface area contributed by atoms with Crippen molar-refractivity contribution in [1.82, 2.24) is 9.55 Å². The Bertz CT molecular complexity index is 1330. The van der Waals surface area contributed by atoms with Gasteiger partial charge < -0.3 is 5.11 Å². The molecular formula is C22H15N3O4. The van der Waals surface area contributed by atoms with Crippen molar-refractivity contribution in [2.24, 2.45) is 0 Å². The fraction of sp³-hybridized carbons (Fsp3) is 0. The minimum atomic E-state index is -0.534. The average molecular weight is 385 g/mol. The summed E-state index contributed by atoms with van der Waals surface area (Å²) in [5.74, 6) is 0.287. The van der Waals surface area contributed by atoms with E-state index in [0.717, 1.165) is 0 Å². The van der Waals surface area contributed by atoms with Gasteiger partial charge in [0.25, 0.3) is 11.2 Å². The number of benzene rings is 3. The molecule has 0 unspecified atom stereocenters. The molecule has 3 aromatic carbocycles. The van der Waals surface area contributed by atoms with Gasteiger partial charge in [-0.3, -0.25) is 19.5 Å². The lowest BCUT2D eigenvalue weighted by Crippen LogP contribution is -2.23. The van der Waals surface area contributed by atoms with E-state index in [1.165, 1.54) is 16.7 Å². The standard InChI is InChI=1S/C22H15N3O4/c26-20-12-6-1-7-15(20)13-14-21-23-17-9-3-2-8-16(17)22(27)24(21)18-10-4-5-11-19(18)25(28)29/h1-14,26H. The van der Waals surface area contributed by atoms with Crippen LogP contribution in [0, 0.1) is 10.1 Å². The summed E-state index contributed by atoms with van der Waals surface area (Å²) in [6.45, 7) is 0. The Labute approximate surface area is 165 Å². The molecule has 7 heteroatoms. The first-order chi connectivity index (χ1) is 14.1. The van der Waals surface area contributed by atoms with E-state index in [2.05, 4.69) is 4.98 Å². The maximum absolute atomic E-state index is 13.2. The van der Waals surface area contributed by atoms with E-state index < -0.39 is 10.5 Å². The van der Waals surface area contributed by atoms with Gasteiger partial charge in [0.1, 0.15) is 17.3 Å². The Morgan fingerprint density at radius 2 is 1.62 bits per heavy atom. The maximum atomic E-state index is 13.2. The molecule has 1 N–H and O–H groups in total. The number of fused-ring (bicyclic) bond motifs is 1. The minimum Gasteiger partial charge on any atom is -0.507 e. The summed E-state index contributed by atoms with van der Waals surface area (Å²) >= 11 is 0. The van der Waals surface area contributed by atoms with Gasteiger partial charge in [0.2, 0.25) is 0 Å². The summed E-state index contributed by atoms with van der Waals surface area (Å²) in [6.07, 6.45) is 3.16. The third-order valence-corrected chi connectivity index (χ3v) is 4.47. The van der Waals surface area contributed by atoms with Crippen LogP contribution in [0.1, 0.15) is 11.4 Å². The highest BCUT2D eigenvalue weighted by molar-refractivity contribution is 5.80. The summed E-state index contributed by atoms with van der Waals surface area (Å²) in [7, 11) is 0. The van der Waals surface area contributed by atoms with Gasteiger partial charge in [0, 0.05) is 11.6 Å². The second-order valence-electron chi connectivity index (χ2n) is 6.27. The van der Waals surface area contributed by atoms with Crippen molar-refractivity contribution in [1.29, 1.82) is 0 Å². The molecule has 0 aliphatic rings. The Morgan fingerprint density at radius 3 is 2.41 bits per heavy atom. The van der Waals surface area contributed by atoms with Gasteiger partial charge in [-0.05, 0) is 36.4 Å². The Morgan fingerprint density at radius 1 is 0.931 bits per heavy atom. The SMILES string of the molecule is O=c1c2ccccc2nc(C=Cc2ccccc2O)n1-c1ccccc1[N+](=O)[O-]. The van der Waals surface area contributed by atoms with E-state index in [9.17, 15) is 20.0 Å². The number of hydrogen-bond acceptors (Lipinski definition) is 5. The van der Waals surface area contributed by atoms with E-state index in [1.807, 2.05) is 0 Å². The summed E-state index contributed by atoms with van der Waals surface area (Å²) in [6, 6.07) is 19.5. The van der Waals surface area contributed by atoms with Crippen molar-refractivity contribution in [2.75, 3.05) is 0 Å². The van der Waals surface area contributed by atoms with Gasteiger partial charge in [0.05, 0.1) is 15.8 Å². The summed E-state index contributed by atoms with van der Waals surface area (Å²) in [5.41, 5.74) is 0.511. The second-order valence-corrected chi connectivity index (χ2v) is 6.27. The Balaban J connectivity index is 2.02. The Hall–Kier alpha value is -4.26. The smallest absolute Gasteiger partial charge is 0.293 e. The lowest BCUT2D eigenvalue weighted by atomic mass is 10.1. The molecule has 0 aliphatic heterocycles. The van der Waals surface area contributed by atoms with Crippen molar-refractivity contribution < 1.29 is 10.0 Å². The summed E-state index contributed by atoms with van der Waals surface area (Å²) in [4.78, 5) is 28.7. The molecule has 0 atom stereocenters. The van der Waals surface area contributed by atoms with Crippen molar-refractivity contribution in [2.45, 2.75) is 0 Å². The molecule has 0 radical (unpaired) electrons. The van der Waals surface area contributed by atoms with E-state index in [0.29, 0.717) is 16.5 Å². The van der Waals surface area contributed by atoms with Gasteiger partial charge in [0.15, 0.2) is 0 Å². The molecule has 142 valence electrons. The largest absolute Gasteiger partial charge is 0.507 e. The number of phenolic OH excluding ortho intramolecular Hbond substituents is 1. The molecule has 29 heavy (non-hydrogen) atoms. The molecule has 0 amide bonds. The monoisotopic (exact) mass is 385 g/mol. The van der Waals surface area contributed by atoms with Gasteiger partial charge >= 0.3 is 0 Å². The molecule has 0 saturated heterocycles. The van der Waals surface area contributed by atoms with Crippen LogP contribution in [0.2, 0.25) is 0 Å². The number of para-hydroxylation sites is 4. The normalized spacial score (nSPS) is 11.2. The average Bonchev–Trinajstić information content (AvgIpc) is 2.73. The van der Waals surface area contributed by atoms with E-state index in [-0.39, 0.29) is 22.9 Å². The fourth-order valence-corrected chi connectivity index (χ4v) is 3.09. The highest BCUT2D eigenvalue weighted by Gasteiger charge is 2.19. The zero-order chi connectivity index (χ0) is 20.4. The van der Waals surface area contributed by atoms with Crippen molar-refractivity contribution in [3.63, 3.8) is 0 Å². The number of aromatic hydroxyl groups is 1. The van der Waals surface area contributed by atoms with Crippen LogP contribution in [0.15, 0.2) is 77.6 Å². The number of hydrogen-bond donors (Lipinski definition) is 1. The van der Waals surface area contributed by atoms with Crippen LogP contribution in [0.5, 0.6) is 5.75 Å². The molecule has 0 spiro atoms. The molecule has 4 rings (SSSR count). The highest BCUT2D eigenvalue weighted by atomic mass is 16.6. The van der Waals surface area contributed by atoms with Crippen molar-refractivity contribution >= 4 is 28.7 Å². The predicted molar refractivity (Wildman–Crippen MR) is 111 cm³/mol. The maximum Gasteiger partial charge on any atom is 0.293 e. The zero-order valence-corrected chi connectivity index (χ0v) is 15.1. The first-order valence-electron chi connectivity index (χ1n) is 8.78. The van der Waals surface area contributed by atoms with Gasteiger partial charge in [-0.1, -0.05) is 42.5 Å². The Kier molecular flexibility index (Phi) is 4.62. The molecule has 1 heterocycles. The molecule has 0 aliphatic carbocycles. The summed E-state index contributed by atoms with van der Waals surface area (Å²) < 4.78 is 1.22. The number of aromatic nitrogens is 2. The number of rotatable bonds is 4. The lowest BCUT2D eigenvalue weighted by molar-refractivity contribution is -0.384. The van der Waals surface area contributed by atoms with Gasteiger partial charge in [-0.2, -0.15) is 0 Å². The van der Waals surface area contributed by atoms with E-state index >= 15 is 0 Å². The number of nitrogens with zero attached hydrogens (tertiary/aromatic N) is 3. The molecule has 0 bridgehead atoms. The van der Waals surface area contributed by atoms with Crippen LogP contribution in [0.25, 0.3) is 28.7 Å². The van der Waals surface area contributed by atoms with E-state index in [4.69, 9.17) is 0 Å². The molecule has 4 aromatic rings. The molecule has 1 aromatic heterocycles. The first kappa shape index (κ1) is 18.1. The van der Waals surface area contributed by atoms with E-state index in [1.54, 1.807) is 72.8 Å². The third kappa shape index (κ3) is 3.37. The van der Waals surface area contributed by atoms with Crippen LogP contribution in [-0.4, -0.2) is 19.6 Å². The van der Waals surface area contributed by atoms with Crippen LogP contribution in [0.3, 0.4) is 0 Å². The van der Waals surface area contributed by atoms with Crippen LogP contribution >= 0.6 is 0 Å². The van der Waals surface area contributed by atoms with Gasteiger partial charge in [-0.15, -0.1) is 0 Å². The summed E-state index contributed by atoms with van der Waals surface area (Å²) in [5, 5.41) is 21.9. The highest BCUT2D eigenvalue weighted by Crippen LogP contribution is 2.24. The van der Waals surface area contributed by atoms with Gasteiger partial charge in [-0.25, -0.2) is 4.98 Å². The number of nitro groups is 1. The topological polar surface area (TPSA) is 98.3 Å². The number of nitro benzene ring substituents is 1. The molecule has 7 nitrogen and oxygen atoms in total.